The lowest BCUT2D eigenvalue weighted by atomic mass is 10.3. The van der Waals surface area contributed by atoms with Gasteiger partial charge in [-0.05, 0) is 7.05 Å². The van der Waals surface area contributed by atoms with E-state index in [0.29, 0.717) is 31.1 Å². The van der Waals surface area contributed by atoms with E-state index >= 15 is 0 Å². The second kappa shape index (κ2) is 6.09. The van der Waals surface area contributed by atoms with E-state index in [1.165, 1.54) is 4.90 Å². The van der Waals surface area contributed by atoms with Gasteiger partial charge in [0, 0.05) is 26.2 Å². The molecule has 0 saturated carbocycles. The number of urea groups is 1. The zero-order valence-electron chi connectivity index (χ0n) is 10.5. The van der Waals surface area contributed by atoms with Gasteiger partial charge >= 0.3 is 18.2 Å². The lowest BCUT2D eigenvalue weighted by molar-refractivity contribution is -0.149. The molecule has 0 atom stereocenters. The van der Waals surface area contributed by atoms with E-state index in [2.05, 4.69) is 0 Å². The van der Waals surface area contributed by atoms with E-state index < -0.39 is 31.3 Å². The van der Waals surface area contributed by atoms with Gasteiger partial charge in [0.05, 0.1) is 0 Å². The molecule has 0 unspecified atom stereocenters. The van der Waals surface area contributed by atoms with Crippen LogP contribution in [0.25, 0.3) is 0 Å². The average Bonchev–Trinajstić information content (AvgIpc) is 2.25. The molecule has 1 rings (SSSR count). The lowest BCUT2D eigenvalue weighted by Gasteiger charge is -2.35. The van der Waals surface area contributed by atoms with Gasteiger partial charge in [-0.15, -0.1) is 0 Å². The maximum atomic E-state index is 12.3. The minimum absolute atomic E-state index is 0.295. The Morgan fingerprint density at radius 2 is 1.74 bits per heavy atom. The van der Waals surface area contributed by atoms with E-state index in [1.807, 2.05) is 11.9 Å². The van der Waals surface area contributed by atoms with Gasteiger partial charge in [0.25, 0.3) is 0 Å². The molecular weight excluding hydrogens is 267 g/mol. The van der Waals surface area contributed by atoms with Gasteiger partial charge in [-0.25, -0.2) is 4.79 Å². The Morgan fingerprint density at radius 3 is 2.16 bits per heavy atom. The molecule has 0 aliphatic carbocycles. The van der Waals surface area contributed by atoms with Crippen molar-refractivity contribution in [1.82, 2.24) is 14.7 Å². The Balaban J connectivity index is 2.68. The van der Waals surface area contributed by atoms with Gasteiger partial charge in [-0.1, -0.05) is 0 Å². The highest BCUT2D eigenvalue weighted by atomic mass is 19.4. The summed E-state index contributed by atoms with van der Waals surface area (Å²) in [4.78, 5) is 25.9. The summed E-state index contributed by atoms with van der Waals surface area (Å²) in [5.41, 5.74) is 0. The number of hydrogen-bond donors (Lipinski definition) is 1. The molecule has 0 spiro atoms. The van der Waals surface area contributed by atoms with Crippen LogP contribution in [0, 0.1) is 0 Å². The van der Waals surface area contributed by atoms with Gasteiger partial charge in [-0.3, -0.25) is 4.79 Å². The zero-order valence-corrected chi connectivity index (χ0v) is 10.5. The normalized spacial score (nSPS) is 17.4. The predicted molar refractivity (Wildman–Crippen MR) is 59.7 cm³/mol. The quantitative estimate of drug-likeness (QED) is 0.809. The summed E-state index contributed by atoms with van der Waals surface area (Å²) in [6, 6.07) is -0.882. The summed E-state index contributed by atoms with van der Waals surface area (Å²) in [7, 11) is 1.84. The number of likely N-dealkylation sites (N-methyl/N-ethyl adjacent to an activating group) is 1. The second-order valence-corrected chi connectivity index (χ2v) is 4.44. The van der Waals surface area contributed by atoms with Gasteiger partial charge in [0.2, 0.25) is 0 Å². The van der Waals surface area contributed by atoms with Gasteiger partial charge < -0.3 is 19.8 Å². The van der Waals surface area contributed by atoms with E-state index in [-0.39, 0.29) is 0 Å². The highest BCUT2D eigenvalue weighted by Crippen LogP contribution is 2.17. The third-order valence-electron chi connectivity index (χ3n) is 2.74. The first-order valence-electron chi connectivity index (χ1n) is 5.70. The highest BCUT2D eigenvalue weighted by molar-refractivity contribution is 5.80. The van der Waals surface area contributed by atoms with Crippen molar-refractivity contribution in [3.63, 3.8) is 0 Å². The largest absolute Gasteiger partial charge is 0.480 e. The molecule has 0 aromatic carbocycles. The summed E-state index contributed by atoms with van der Waals surface area (Å²) in [5.74, 6) is -1.47. The number of piperazine rings is 1. The number of aliphatic carboxylic acids is 1. The van der Waals surface area contributed by atoms with Crippen LogP contribution in [0.4, 0.5) is 18.0 Å². The first-order valence-corrected chi connectivity index (χ1v) is 5.70. The van der Waals surface area contributed by atoms with Crippen molar-refractivity contribution < 1.29 is 27.9 Å². The second-order valence-electron chi connectivity index (χ2n) is 4.44. The fourth-order valence-electron chi connectivity index (χ4n) is 1.77. The Hall–Kier alpha value is -1.51. The van der Waals surface area contributed by atoms with E-state index in [9.17, 15) is 22.8 Å². The van der Waals surface area contributed by atoms with Crippen molar-refractivity contribution in [1.29, 1.82) is 0 Å². The molecule has 1 aliphatic heterocycles. The lowest BCUT2D eigenvalue weighted by Crippen LogP contribution is -2.54. The molecule has 110 valence electrons. The summed E-state index contributed by atoms with van der Waals surface area (Å²) < 4.78 is 37.0. The van der Waals surface area contributed by atoms with Crippen molar-refractivity contribution in [3.05, 3.63) is 0 Å². The topological polar surface area (TPSA) is 64.1 Å². The van der Waals surface area contributed by atoms with E-state index in [0.717, 1.165) is 0 Å². The van der Waals surface area contributed by atoms with Crippen LogP contribution < -0.4 is 0 Å². The first kappa shape index (κ1) is 15.5. The third kappa shape index (κ3) is 5.33. The molecule has 9 heteroatoms. The van der Waals surface area contributed by atoms with Crippen LogP contribution >= 0.6 is 0 Å². The Morgan fingerprint density at radius 1 is 1.21 bits per heavy atom. The maximum Gasteiger partial charge on any atom is 0.406 e. The van der Waals surface area contributed by atoms with Crippen LogP contribution in [0.15, 0.2) is 0 Å². The summed E-state index contributed by atoms with van der Waals surface area (Å²) in [5, 5.41) is 8.58. The summed E-state index contributed by atoms with van der Waals surface area (Å²) in [6.07, 6.45) is -4.61. The monoisotopic (exact) mass is 283 g/mol. The van der Waals surface area contributed by atoms with Crippen LogP contribution in [-0.4, -0.2) is 84.3 Å². The minimum Gasteiger partial charge on any atom is -0.480 e. The smallest absolute Gasteiger partial charge is 0.406 e. The number of halogens is 3. The Bertz CT molecular complexity index is 341. The van der Waals surface area contributed by atoms with Crippen LogP contribution in [0.1, 0.15) is 0 Å². The van der Waals surface area contributed by atoms with Gasteiger partial charge in [0.15, 0.2) is 0 Å². The Kier molecular flexibility index (Phi) is 4.98. The number of rotatable bonds is 3. The molecule has 1 fully saturated rings. The molecule has 19 heavy (non-hydrogen) atoms. The van der Waals surface area contributed by atoms with Crippen LogP contribution in [0.5, 0.6) is 0 Å². The van der Waals surface area contributed by atoms with Crippen molar-refractivity contribution in [2.75, 3.05) is 46.3 Å². The third-order valence-corrected chi connectivity index (χ3v) is 2.74. The molecule has 0 radical (unpaired) electrons. The zero-order chi connectivity index (χ0) is 14.6. The van der Waals surface area contributed by atoms with Crippen molar-refractivity contribution in [3.8, 4) is 0 Å². The minimum atomic E-state index is -4.61. The molecule has 6 nitrogen and oxygen atoms in total. The van der Waals surface area contributed by atoms with Crippen LogP contribution in [-0.2, 0) is 4.79 Å². The number of carboxylic acids is 1. The predicted octanol–water partition coefficient (Wildman–Crippen LogP) is 0.303. The fourth-order valence-corrected chi connectivity index (χ4v) is 1.77. The molecule has 2 amide bonds. The van der Waals surface area contributed by atoms with Crippen molar-refractivity contribution >= 4 is 12.0 Å². The summed E-state index contributed by atoms with van der Waals surface area (Å²) in [6.45, 7) is -0.806. The standard InChI is InChI=1S/C10H16F3N3O3/c1-14-2-4-15(5-3-14)9(19)16(6-8(17)18)7-10(11,12)13/h2-7H2,1H3,(H,17,18). The van der Waals surface area contributed by atoms with Gasteiger partial charge in [0.1, 0.15) is 13.1 Å². The number of carbonyl (C=O) groups is 2. The highest BCUT2D eigenvalue weighted by Gasteiger charge is 2.36. The van der Waals surface area contributed by atoms with E-state index in [4.69, 9.17) is 5.11 Å². The molecule has 0 bridgehead atoms. The molecule has 0 aromatic heterocycles. The first-order chi connectivity index (χ1) is 8.69. The molecule has 1 N–H and O–H groups in total. The van der Waals surface area contributed by atoms with Crippen LogP contribution in [0.2, 0.25) is 0 Å². The van der Waals surface area contributed by atoms with Gasteiger partial charge in [-0.2, -0.15) is 13.2 Å². The van der Waals surface area contributed by atoms with E-state index in [1.54, 1.807) is 0 Å². The van der Waals surface area contributed by atoms with Crippen molar-refractivity contribution in [2.45, 2.75) is 6.18 Å². The summed E-state index contributed by atoms with van der Waals surface area (Å²) >= 11 is 0. The number of hydrogen-bond acceptors (Lipinski definition) is 3. The molecule has 1 aliphatic rings. The maximum absolute atomic E-state index is 12.3. The molecule has 0 aromatic rings. The fraction of sp³-hybridized carbons (Fsp3) is 0.800. The number of nitrogens with zero attached hydrogens (tertiary/aromatic N) is 3. The molecule has 1 saturated heterocycles. The average molecular weight is 283 g/mol. The molecule has 1 heterocycles. The number of carbonyl (C=O) groups excluding carboxylic acids is 1. The Labute approximate surface area is 108 Å². The molecular formula is C10H16F3N3O3. The number of alkyl halides is 3. The number of amides is 2. The number of carboxylic acid groups (broad SMARTS) is 1. The van der Waals surface area contributed by atoms with Crippen LogP contribution in [0.3, 0.4) is 0 Å². The SMILES string of the molecule is CN1CCN(C(=O)N(CC(=O)O)CC(F)(F)F)CC1. The van der Waals surface area contributed by atoms with Crippen molar-refractivity contribution in [2.24, 2.45) is 0 Å².